The molecule has 1 saturated heterocycles. The van der Waals surface area contributed by atoms with Gasteiger partial charge >= 0.3 is 12.0 Å². The summed E-state index contributed by atoms with van der Waals surface area (Å²) in [5.41, 5.74) is 5.93. The number of fused-ring (bicyclic) bond motifs is 1. The second-order valence-electron chi connectivity index (χ2n) is 4.87. The quantitative estimate of drug-likeness (QED) is 0.658. The minimum absolute atomic E-state index is 0.0992. The molecule has 2 aromatic rings. The van der Waals surface area contributed by atoms with Crippen LogP contribution in [0.1, 0.15) is 19.6 Å². The lowest BCUT2D eigenvalue weighted by Gasteiger charge is -2.14. The standard InChI is InChI=1S/C12H13F2N5O3/c1-5(20)21-6-2-8(22-7(6)3-13)19-4-16-9-10(15)17-12(14)18-11(9)19/h4,6-8H,2-3H2,1H3,(H2,15,17,18)/t6-,7+,8+/m0/s1. The third-order valence-corrected chi connectivity index (χ3v) is 3.38. The van der Waals surface area contributed by atoms with Gasteiger partial charge in [0.1, 0.15) is 25.1 Å². The van der Waals surface area contributed by atoms with E-state index in [0.717, 1.165) is 0 Å². The number of imidazole rings is 1. The molecule has 3 atom stereocenters. The summed E-state index contributed by atoms with van der Waals surface area (Å²) in [4.78, 5) is 22.1. The largest absolute Gasteiger partial charge is 0.460 e. The smallest absolute Gasteiger partial charge is 0.312 e. The van der Waals surface area contributed by atoms with Crippen LogP contribution < -0.4 is 5.73 Å². The van der Waals surface area contributed by atoms with Crippen LogP contribution in [0.4, 0.5) is 14.6 Å². The molecule has 0 aliphatic carbocycles. The fourth-order valence-corrected chi connectivity index (χ4v) is 2.47. The molecule has 118 valence electrons. The SMILES string of the molecule is CC(=O)O[C@H]1C[C@H](n2cnc3c(N)nc(F)nc32)O[C@@H]1CF. The van der Waals surface area contributed by atoms with Gasteiger partial charge in [0.25, 0.3) is 0 Å². The average molecular weight is 313 g/mol. The summed E-state index contributed by atoms with van der Waals surface area (Å²) in [6.07, 6.45) is -1.76. The number of aromatic nitrogens is 4. The average Bonchev–Trinajstić information content (AvgIpc) is 3.01. The topological polar surface area (TPSA) is 105 Å². The van der Waals surface area contributed by atoms with Gasteiger partial charge in [-0.3, -0.25) is 9.36 Å². The fraction of sp³-hybridized carbons (Fsp3) is 0.500. The number of rotatable bonds is 3. The molecular formula is C12H13F2N5O3. The van der Waals surface area contributed by atoms with Crippen LogP contribution in [-0.4, -0.2) is 44.4 Å². The molecule has 1 aliphatic rings. The molecule has 1 aliphatic heterocycles. The number of esters is 1. The van der Waals surface area contributed by atoms with Crippen LogP contribution in [-0.2, 0) is 14.3 Å². The number of anilines is 1. The maximum Gasteiger partial charge on any atom is 0.312 e. The van der Waals surface area contributed by atoms with Crippen molar-refractivity contribution in [2.45, 2.75) is 31.8 Å². The molecule has 3 heterocycles. The summed E-state index contributed by atoms with van der Waals surface area (Å²) in [5, 5.41) is 0. The van der Waals surface area contributed by atoms with Crippen LogP contribution in [0.15, 0.2) is 6.33 Å². The second kappa shape index (κ2) is 5.44. The third kappa shape index (κ3) is 2.45. The summed E-state index contributed by atoms with van der Waals surface area (Å²) in [6.45, 7) is 0.422. The van der Waals surface area contributed by atoms with E-state index in [1.54, 1.807) is 0 Å². The molecule has 0 bridgehead atoms. The van der Waals surface area contributed by atoms with Crippen molar-refractivity contribution in [3.05, 3.63) is 12.4 Å². The highest BCUT2D eigenvalue weighted by atomic mass is 19.1. The zero-order valence-electron chi connectivity index (χ0n) is 11.6. The van der Waals surface area contributed by atoms with Gasteiger partial charge in [-0.2, -0.15) is 14.4 Å². The molecule has 8 nitrogen and oxygen atoms in total. The first-order valence-electron chi connectivity index (χ1n) is 6.53. The summed E-state index contributed by atoms with van der Waals surface area (Å²) in [5.74, 6) is -0.626. The van der Waals surface area contributed by atoms with Crippen molar-refractivity contribution < 1.29 is 23.0 Å². The van der Waals surface area contributed by atoms with Gasteiger partial charge in [0.15, 0.2) is 17.0 Å². The number of hydrogen-bond acceptors (Lipinski definition) is 7. The molecule has 22 heavy (non-hydrogen) atoms. The highest BCUT2D eigenvalue weighted by Crippen LogP contribution is 2.33. The zero-order chi connectivity index (χ0) is 15.9. The Hall–Kier alpha value is -2.36. The lowest BCUT2D eigenvalue weighted by atomic mass is 10.2. The van der Waals surface area contributed by atoms with Gasteiger partial charge in [-0.25, -0.2) is 9.37 Å². The molecular weight excluding hydrogens is 300 g/mol. The Morgan fingerprint density at radius 2 is 2.36 bits per heavy atom. The van der Waals surface area contributed by atoms with Crippen molar-refractivity contribution >= 4 is 23.0 Å². The molecule has 0 unspecified atom stereocenters. The van der Waals surface area contributed by atoms with Crippen molar-refractivity contribution in [2.75, 3.05) is 12.4 Å². The molecule has 2 aromatic heterocycles. The molecule has 0 amide bonds. The maximum atomic E-state index is 13.3. The molecule has 0 aromatic carbocycles. The number of hydrogen-bond donors (Lipinski definition) is 1. The molecule has 1 fully saturated rings. The van der Waals surface area contributed by atoms with E-state index in [4.69, 9.17) is 15.2 Å². The fourth-order valence-electron chi connectivity index (χ4n) is 2.47. The third-order valence-electron chi connectivity index (χ3n) is 3.38. The Kier molecular flexibility index (Phi) is 3.61. The van der Waals surface area contributed by atoms with Gasteiger partial charge in [-0.05, 0) is 0 Å². The van der Waals surface area contributed by atoms with Gasteiger partial charge in [-0.1, -0.05) is 0 Å². The summed E-state index contributed by atoms with van der Waals surface area (Å²) in [7, 11) is 0. The Labute approximate surface area is 123 Å². The molecule has 2 N–H and O–H groups in total. The number of alkyl halides is 1. The first-order valence-corrected chi connectivity index (χ1v) is 6.53. The first kappa shape index (κ1) is 14.6. The van der Waals surface area contributed by atoms with Crippen LogP contribution >= 0.6 is 0 Å². The van der Waals surface area contributed by atoms with E-state index in [0.29, 0.717) is 0 Å². The normalized spacial score (nSPS) is 24.8. The lowest BCUT2D eigenvalue weighted by molar-refractivity contribution is -0.149. The summed E-state index contributed by atoms with van der Waals surface area (Å²) >= 11 is 0. The Bertz CT molecular complexity index is 722. The van der Waals surface area contributed by atoms with Crippen molar-refractivity contribution in [1.29, 1.82) is 0 Å². The minimum Gasteiger partial charge on any atom is -0.460 e. The van der Waals surface area contributed by atoms with Gasteiger partial charge in [0.2, 0.25) is 0 Å². The van der Waals surface area contributed by atoms with Crippen LogP contribution in [0.5, 0.6) is 0 Å². The van der Waals surface area contributed by atoms with Crippen LogP contribution in [0.25, 0.3) is 11.2 Å². The highest BCUT2D eigenvalue weighted by Gasteiger charge is 2.39. The first-order chi connectivity index (χ1) is 10.5. The van der Waals surface area contributed by atoms with Crippen molar-refractivity contribution in [3.8, 4) is 0 Å². The lowest BCUT2D eigenvalue weighted by Crippen LogP contribution is -2.27. The molecule has 0 saturated carbocycles. The minimum atomic E-state index is -0.997. The van der Waals surface area contributed by atoms with E-state index < -0.39 is 37.2 Å². The maximum absolute atomic E-state index is 13.3. The van der Waals surface area contributed by atoms with E-state index >= 15 is 0 Å². The molecule has 3 rings (SSSR count). The monoisotopic (exact) mass is 313 g/mol. The van der Waals surface area contributed by atoms with E-state index in [1.807, 2.05) is 0 Å². The predicted molar refractivity (Wildman–Crippen MR) is 69.7 cm³/mol. The molecule has 0 radical (unpaired) electrons. The van der Waals surface area contributed by atoms with E-state index in [2.05, 4.69) is 15.0 Å². The van der Waals surface area contributed by atoms with Crippen LogP contribution in [0, 0.1) is 6.08 Å². The number of nitrogens with two attached hydrogens (primary N) is 1. The van der Waals surface area contributed by atoms with E-state index in [-0.39, 0.29) is 23.4 Å². The molecule has 0 spiro atoms. The van der Waals surface area contributed by atoms with Crippen molar-refractivity contribution in [2.24, 2.45) is 0 Å². The number of ether oxygens (including phenoxy) is 2. The van der Waals surface area contributed by atoms with Gasteiger partial charge in [0, 0.05) is 13.3 Å². The van der Waals surface area contributed by atoms with Gasteiger partial charge in [-0.15, -0.1) is 0 Å². The van der Waals surface area contributed by atoms with E-state index in [1.165, 1.54) is 17.8 Å². The Balaban J connectivity index is 1.93. The number of nitrogens with zero attached hydrogens (tertiary/aromatic N) is 4. The summed E-state index contributed by atoms with van der Waals surface area (Å²) < 4.78 is 38.3. The molecule has 10 heteroatoms. The van der Waals surface area contributed by atoms with Crippen LogP contribution in [0.2, 0.25) is 0 Å². The Morgan fingerprint density at radius 1 is 1.59 bits per heavy atom. The zero-order valence-corrected chi connectivity index (χ0v) is 11.6. The Morgan fingerprint density at radius 3 is 3.05 bits per heavy atom. The summed E-state index contributed by atoms with van der Waals surface area (Å²) in [6, 6.07) is 0. The predicted octanol–water partition coefficient (Wildman–Crippen LogP) is 0.736. The van der Waals surface area contributed by atoms with E-state index in [9.17, 15) is 13.6 Å². The van der Waals surface area contributed by atoms with Crippen molar-refractivity contribution in [3.63, 3.8) is 0 Å². The van der Waals surface area contributed by atoms with Crippen molar-refractivity contribution in [1.82, 2.24) is 19.5 Å². The highest BCUT2D eigenvalue weighted by molar-refractivity contribution is 5.81. The van der Waals surface area contributed by atoms with Gasteiger partial charge in [0.05, 0.1) is 6.33 Å². The number of halogens is 2. The second-order valence-corrected chi connectivity index (χ2v) is 4.87. The number of nitrogen functional groups attached to an aromatic ring is 1. The number of carbonyl (C=O) groups is 1. The van der Waals surface area contributed by atoms with Gasteiger partial charge < -0.3 is 15.2 Å². The number of carbonyl (C=O) groups excluding carboxylic acids is 1. The van der Waals surface area contributed by atoms with Crippen LogP contribution in [0.3, 0.4) is 0 Å².